The highest BCUT2D eigenvalue weighted by Crippen LogP contribution is 2.20. The van der Waals surface area contributed by atoms with Crippen LogP contribution in [0.25, 0.3) is 0 Å². The van der Waals surface area contributed by atoms with Crippen molar-refractivity contribution in [3.8, 4) is 0 Å². The van der Waals surface area contributed by atoms with E-state index in [1.165, 1.54) is 31.2 Å². The number of morpholine rings is 1. The molecule has 0 radical (unpaired) electrons. The number of aromatic nitrogens is 1. The average molecular weight is 289 g/mol. The Labute approximate surface area is 127 Å². The Kier molecular flexibility index (Phi) is 4.76. The molecule has 21 heavy (non-hydrogen) atoms. The average Bonchev–Trinajstić information content (AvgIpc) is 2.98. The van der Waals surface area contributed by atoms with Gasteiger partial charge in [-0.2, -0.15) is 0 Å². The fourth-order valence-electron chi connectivity index (χ4n) is 3.47. The van der Waals surface area contributed by atoms with Gasteiger partial charge < -0.3 is 15.0 Å². The van der Waals surface area contributed by atoms with E-state index in [1.807, 2.05) is 6.20 Å². The highest BCUT2D eigenvalue weighted by atomic mass is 16.5. The third kappa shape index (κ3) is 3.95. The maximum atomic E-state index is 5.78. The lowest BCUT2D eigenvalue weighted by molar-refractivity contribution is -0.00545. The third-order valence-electron chi connectivity index (χ3n) is 4.50. The molecule has 2 aliphatic rings. The summed E-state index contributed by atoms with van der Waals surface area (Å²) >= 11 is 0. The summed E-state index contributed by atoms with van der Waals surface area (Å²) in [5.41, 5.74) is 1.28. The minimum absolute atomic E-state index is 0.277. The molecule has 2 heterocycles. The standard InChI is InChI=1S/C17H27N3O/c1-13-11-20(12-14(2)21-13)17-8-7-15(10-19-17)9-18-16-5-3-4-6-16/h7-8,10,13-14,16,18H,3-6,9,11-12H2,1-2H3. The maximum Gasteiger partial charge on any atom is 0.128 e. The Hall–Kier alpha value is -1.13. The van der Waals surface area contributed by atoms with Crippen molar-refractivity contribution in [2.24, 2.45) is 0 Å². The van der Waals surface area contributed by atoms with Crippen LogP contribution in [-0.2, 0) is 11.3 Å². The quantitative estimate of drug-likeness (QED) is 0.925. The van der Waals surface area contributed by atoms with E-state index in [0.29, 0.717) is 6.04 Å². The molecule has 0 amide bonds. The van der Waals surface area contributed by atoms with Gasteiger partial charge in [-0.25, -0.2) is 4.98 Å². The number of pyridine rings is 1. The van der Waals surface area contributed by atoms with Gasteiger partial charge in [-0.3, -0.25) is 0 Å². The molecule has 1 saturated heterocycles. The van der Waals surface area contributed by atoms with Crippen LogP contribution in [0, 0.1) is 0 Å². The number of hydrogen-bond acceptors (Lipinski definition) is 4. The molecule has 2 atom stereocenters. The van der Waals surface area contributed by atoms with Crippen molar-refractivity contribution in [2.45, 2.75) is 64.3 Å². The smallest absolute Gasteiger partial charge is 0.128 e. The summed E-state index contributed by atoms with van der Waals surface area (Å²) in [6.07, 6.45) is 7.98. The third-order valence-corrected chi connectivity index (χ3v) is 4.50. The summed E-state index contributed by atoms with van der Waals surface area (Å²) in [5, 5.41) is 3.64. The van der Waals surface area contributed by atoms with Crippen LogP contribution in [-0.4, -0.2) is 36.3 Å². The van der Waals surface area contributed by atoms with Crippen molar-refractivity contribution in [1.82, 2.24) is 10.3 Å². The first-order valence-corrected chi connectivity index (χ1v) is 8.29. The molecule has 4 nitrogen and oxygen atoms in total. The van der Waals surface area contributed by atoms with Gasteiger partial charge in [0.2, 0.25) is 0 Å². The second-order valence-electron chi connectivity index (χ2n) is 6.55. The van der Waals surface area contributed by atoms with Gasteiger partial charge in [0.15, 0.2) is 0 Å². The first-order chi connectivity index (χ1) is 10.2. The lowest BCUT2D eigenvalue weighted by Crippen LogP contribution is -2.45. The zero-order valence-corrected chi connectivity index (χ0v) is 13.2. The zero-order chi connectivity index (χ0) is 14.7. The van der Waals surface area contributed by atoms with Crippen LogP contribution >= 0.6 is 0 Å². The van der Waals surface area contributed by atoms with Gasteiger partial charge in [0.1, 0.15) is 5.82 Å². The number of nitrogens with zero attached hydrogens (tertiary/aromatic N) is 2. The van der Waals surface area contributed by atoms with E-state index in [4.69, 9.17) is 4.74 Å². The maximum absolute atomic E-state index is 5.78. The summed E-state index contributed by atoms with van der Waals surface area (Å²) in [4.78, 5) is 6.97. The number of nitrogens with one attached hydrogen (secondary N) is 1. The molecule has 2 unspecified atom stereocenters. The zero-order valence-electron chi connectivity index (χ0n) is 13.2. The topological polar surface area (TPSA) is 37.4 Å². The van der Waals surface area contributed by atoms with E-state index in [2.05, 4.69) is 41.2 Å². The fraction of sp³-hybridized carbons (Fsp3) is 0.706. The minimum Gasteiger partial charge on any atom is -0.372 e. The molecule has 0 bridgehead atoms. The fourth-order valence-corrected chi connectivity index (χ4v) is 3.47. The summed E-state index contributed by atoms with van der Waals surface area (Å²) < 4.78 is 5.78. The van der Waals surface area contributed by atoms with Crippen molar-refractivity contribution in [3.63, 3.8) is 0 Å². The first kappa shape index (κ1) is 14.8. The summed E-state index contributed by atoms with van der Waals surface area (Å²) in [6, 6.07) is 5.07. The molecule has 1 aromatic rings. The van der Waals surface area contributed by atoms with Crippen LogP contribution in [0.1, 0.15) is 45.1 Å². The molecule has 4 heteroatoms. The van der Waals surface area contributed by atoms with Gasteiger partial charge in [-0.05, 0) is 38.3 Å². The molecule has 1 aromatic heterocycles. The molecule has 0 aromatic carbocycles. The van der Waals surface area contributed by atoms with Crippen molar-refractivity contribution < 1.29 is 4.74 Å². The molecule has 1 aliphatic carbocycles. The van der Waals surface area contributed by atoms with Crippen LogP contribution in [0.4, 0.5) is 5.82 Å². The number of hydrogen-bond donors (Lipinski definition) is 1. The summed E-state index contributed by atoms with van der Waals surface area (Å²) in [7, 11) is 0. The van der Waals surface area contributed by atoms with Gasteiger partial charge in [0.05, 0.1) is 12.2 Å². The second kappa shape index (κ2) is 6.75. The van der Waals surface area contributed by atoms with Gasteiger partial charge in [0, 0.05) is 31.9 Å². The van der Waals surface area contributed by atoms with Crippen molar-refractivity contribution in [2.75, 3.05) is 18.0 Å². The normalized spacial score (nSPS) is 27.2. The van der Waals surface area contributed by atoms with Crippen LogP contribution in [0.3, 0.4) is 0 Å². The molecule has 116 valence electrons. The largest absolute Gasteiger partial charge is 0.372 e. The van der Waals surface area contributed by atoms with Crippen molar-refractivity contribution >= 4 is 5.82 Å². The van der Waals surface area contributed by atoms with Gasteiger partial charge in [-0.15, -0.1) is 0 Å². The Morgan fingerprint density at radius 3 is 2.52 bits per heavy atom. The molecular formula is C17H27N3O. The molecule has 0 spiro atoms. The van der Waals surface area contributed by atoms with Crippen LogP contribution in [0.15, 0.2) is 18.3 Å². The lowest BCUT2D eigenvalue weighted by atomic mass is 10.2. The van der Waals surface area contributed by atoms with E-state index >= 15 is 0 Å². The van der Waals surface area contributed by atoms with Crippen LogP contribution < -0.4 is 10.2 Å². The van der Waals surface area contributed by atoms with Crippen molar-refractivity contribution in [3.05, 3.63) is 23.9 Å². The second-order valence-corrected chi connectivity index (χ2v) is 6.55. The van der Waals surface area contributed by atoms with E-state index < -0.39 is 0 Å². The minimum atomic E-state index is 0.277. The Morgan fingerprint density at radius 2 is 1.90 bits per heavy atom. The van der Waals surface area contributed by atoms with Crippen molar-refractivity contribution in [1.29, 1.82) is 0 Å². The number of ether oxygens (including phenoxy) is 1. The van der Waals surface area contributed by atoms with Crippen LogP contribution in [0.2, 0.25) is 0 Å². The Bertz CT molecular complexity index is 432. The Balaban J connectivity index is 1.55. The summed E-state index contributed by atoms with van der Waals surface area (Å²) in [5.74, 6) is 1.07. The van der Waals surface area contributed by atoms with E-state index in [-0.39, 0.29) is 12.2 Å². The van der Waals surface area contributed by atoms with Crippen LogP contribution in [0.5, 0.6) is 0 Å². The highest BCUT2D eigenvalue weighted by Gasteiger charge is 2.23. The van der Waals surface area contributed by atoms with Gasteiger partial charge >= 0.3 is 0 Å². The van der Waals surface area contributed by atoms with Gasteiger partial charge in [-0.1, -0.05) is 18.9 Å². The molecule has 1 N–H and O–H groups in total. The molecule has 1 saturated carbocycles. The molecule has 2 fully saturated rings. The lowest BCUT2D eigenvalue weighted by Gasteiger charge is -2.36. The predicted octanol–water partition coefficient (Wildman–Crippen LogP) is 2.73. The van der Waals surface area contributed by atoms with Gasteiger partial charge in [0.25, 0.3) is 0 Å². The number of anilines is 1. The predicted molar refractivity (Wildman–Crippen MR) is 85.6 cm³/mol. The molecular weight excluding hydrogens is 262 g/mol. The summed E-state index contributed by atoms with van der Waals surface area (Å²) in [6.45, 7) is 7.05. The molecule has 1 aliphatic heterocycles. The van der Waals surface area contributed by atoms with E-state index in [0.717, 1.165) is 25.5 Å². The monoisotopic (exact) mass is 289 g/mol. The number of rotatable bonds is 4. The molecule has 3 rings (SSSR count). The van der Waals surface area contributed by atoms with E-state index in [1.54, 1.807) is 0 Å². The SMILES string of the molecule is CC1CN(c2ccc(CNC3CCCC3)cn2)CC(C)O1. The first-order valence-electron chi connectivity index (χ1n) is 8.29. The Morgan fingerprint density at radius 1 is 1.19 bits per heavy atom. The van der Waals surface area contributed by atoms with E-state index in [9.17, 15) is 0 Å². The highest BCUT2D eigenvalue weighted by molar-refractivity contribution is 5.40.